The zero-order chi connectivity index (χ0) is 19.1. The summed E-state index contributed by atoms with van der Waals surface area (Å²) < 4.78 is 33.9. The molecule has 0 radical (unpaired) electrons. The molecule has 0 fully saturated rings. The minimum atomic E-state index is -3.01. The Hall–Kier alpha value is -3.16. The standard InChI is InChI=1S/C18H18F2N2O4/c1-11-5-3-4-6-13(11)22-16(23)10-21-17(24)12-7-8-14(26-18(19)20)15(9-12)25-2/h3-9,18H,10H2,1-2H3,(H,21,24)(H,22,23). The van der Waals surface area contributed by atoms with Gasteiger partial charge in [0.1, 0.15) is 0 Å². The molecule has 0 bridgehead atoms. The van der Waals surface area contributed by atoms with Gasteiger partial charge in [-0.15, -0.1) is 0 Å². The molecule has 2 rings (SSSR count). The van der Waals surface area contributed by atoms with Crippen LogP contribution in [0, 0.1) is 6.92 Å². The molecular formula is C18H18F2N2O4. The number of ether oxygens (including phenoxy) is 2. The van der Waals surface area contributed by atoms with E-state index in [0.29, 0.717) is 5.69 Å². The van der Waals surface area contributed by atoms with Crippen LogP contribution in [0.2, 0.25) is 0 Å². The summed E-state index contributed by atoms with van der Waals surface area (Å²) >= 11 is 0. The molecule has 8 heteroatoms. The first-order valence-corrected chi connectivity index (χ1v) is 7.67. The van der Waals surface area contributed by atoms with Gasteiger partial charge < -0.3 is 20.1 Å². The first-order valence-electron chi connectivity index (χ1n) is 7.67. The average Bonchev–Trinajstić information content (AvgIpc) is 2.61. The van der Waals surface area contributed by atoms with E-state index in [1.807, 2.05) is 19.1 Å². The SMILES string of the molecule is COc1cc(C(=O)NCC(=O)Nc2ccccc2C)ccc1OC(F)F. The third-order valence-corrected chi connectivity index (χ3v) is 3.47. The smallest absolute Gasteiger partial charge is 0.387 e. The zero-order valence-corrected chi connectivity index (χ0v) is 14.2. The average molecular weight is 364 g/mol. The second kappa shape index (κ2) is 8.80. The number of para-hydroxylation sites is 1. The van der Waals surface area contributed by atoms with E-state index in [-0.39, 0.29) is 23.6 Å². The lowest BCUT2D eigenvalue weighted by molar-refractivity contribution is -0.115. The first-order chi connectivity index (χ1) is 12.4. The van der Waals surface area contributed by atoms with Crippen LogP contribution < -0.4 is 20.1 Å². The van der Waals surface area contributed by atoms with Crippen molar-refractivity contribution in [2.75, 3.05) is 19.0 Å². The van der Waals surface area contributed by atoms with Crippen LogP contribution in [0.3, 0.4) is 0 Å². The molecule has 0 aliphatic heterocycles. The van der Waals surface area contributed by atoms with Crippen molar-refractivity contribution in [3.05, 3.63) is 53.6 Å². The van der Waals surface area contributed by atoms with E-state index in [1.54, 1.807) is 12.1 Å². The van der Waals surface area contributed by atoms with Crippen molar-refractivity contribution in [3.63, 3.8) is 0 Å². The molecule has 0 aromatic heterocycles. The maximum Gasteiger partial charge on any atom is 0.387 e. The normalized spacial score (nSPS) is 10.3. The van der Waals surface area contributed by atoms with Crippen molar-refractivity contribution in [3.8, 4) is 11.5 Å². The summed E-state index contributed by atoms with van der Waals surface area (Å²) in [5, 5.41) is 5.14. The fourth-order valence-corrected chi connectivity index (χ4v) is 2.17. The zero-order valence-electron chi connectivity index (χ0n) is 14.2. The van der Waals surface area contributed by atoms with Gasteiger partial charge in [-0.05, 0) is 36.8 Å². The number of anilines is 1. The fourth-order valence-electron chi connectivity index (χ4n) is 2.17. The van der Waals surface area contributed by atoms with E-state index in [0.717, 1.165) is 5.56 Å². The van der Waals surface area contributed by atoms with E-state index < -0.39 is 18.4 Å². The van der Waals surface area contributed by atoms with Crippen LogP contribution in [-0.2, 0) is 4.79 Å². The number of halogens is 2. The number of hydrogen-bond acceptors (Lipinski definition) is 4. The van der Waals surface area contributed by atoms with Crippen LogP contribution in [0.1, 0.15) is 15.9 Å². The molecule has 2 aromatic rings. The van der Waals surface area contributed by atoms with Crippen molar-refractivity contribution in [1.82, 2.24) is 5.32 Å². The monoisotopic (exact) mass is 364 g/mol. The molecule has 0 aliphatic carbocycles. The van der Waals surface area contributed by atoms with Gasteiger partial charge in [-0.25, -0.2) is 0 Å². The van der Waals surface area contributed by atoms with Crippen molar-refractivity contribution in [1.29, 1.82) is 0 Å². The predicted octanol–water partition coefficient (Wildman–Crippen LogP) is 2.97. The Morgan fingerprint density at radius 2 is 1.85 bits per heavy atom. The molecule has 0 saturated heterocycles. The molecule has 2 amide bonds. The molecular weight excluding hydrogens is 346 g/mol. The van der Waals surface area contributed by atoms with E-state index in [4.69, 9.17) is 4.74 Å². The molecule has 138 valence electrons. The highest BCUT2D eigenvalue weighted by atomic mass is 19.3. The summed E-state index contributed by atoms with van der Waals surface area (Å²) in [7, 11) is 1.27. The number of aryl methyl sites for hydroxylation is 1. The highest BCUT2D eigenvalue weighted by molar-refractivity contribution is 5.99. The third-order valence-electron chi connectivity index (χ3n) is 3.47. The summed E-state index contributed by atoms with van der Waals surface area (Å²) in [6.07, 6.45) is 0. The van der Waals surface area contributed by atoms with Crippen LogP contribution in [0.15, 0.2) is 42.5 Å². The quantitative estimate of drug-likeness (QED) is 0.792. The Kier molecular flexibility index (Phi) is 6.48. The highest BCUT2D eigenvalue weighted by Gasteiger charge is 2.15. The van der Waals surface area contributed by atoms with Crippen LogP contribution in [0.4, 0.5) is 14.5 Å². The van der Waals surface area contributed by atoms with Gasteiger partial charge in [-0.1, -0.05) is 18.2 Å². The van der Waals surface area contributed by atoms with Gasteiger partial charge in [0.25, 0.3) is 5.91 Å². The maximum atomic E-state index is 12.3. The molecule has 26 heavy (non-hydrogen) atoms. The van der Waals surface area contributed by atoms with E-state index in [1.165, 1.54) is 25.3 Å². The van der Waals surface area contributed by atoms with Gasteiger partial charge in [0, 0.05) is 11.3 Å². The minimum Gasteiger partial charge on any atom is -0.493 e. The lowest BCUT2D eigenvalue weighted by atomic mass is 10.2. The van der Waals surface area contributed by atoms with Crippen molar-refractivity contribution in [2.45, 2.75) is 13.5 Å². The second-order valence-electron chi connectivity index (χ2n) is 5.29. The Labute approximate surface area is 149 Å². The number of benzene rings is 2. The van der Waals surface area contributed by atoms with E-state index in [9.17, 15) is 18.4 Å². The Morgan fingerprint density at radius 3 is 2.50 bits per heavy atom. The minimum absolute atomic E-state index is 0.0117. The van der Waals surface area contributed by atoms with Crippen molar-refractivity contribution < 1.29 is 27.8 Å². The number of nitrogens with one attached hydrogen (secondary N) is 2. The number of carbonyl (C=O) groups is 2. The molecule has 2 aromatic carbocycles. The molecule has 0 unspecified atom stereocenters. The van der Waals surface area contributed by atoms with E-state index in [2.05, 4.69) is 15.4 Å². The highest BCUT2D eigenvalue weighted by Crippen LogP contribution is 2.29. The molecule has 0 atom stereocenters. The molecule has 0 saturated carbocycles. The van der Waals surface area contributed by atoms with E-state index >= 15 is 0 Å². The molecule has 0 heterocycles. The van der Waals surface area contributed by atoms with Gasteiger partial charge in [0.2, 0.25) is 5.91 Å². The lowest BCUT2D eigenvalue weighted by Crippen LogP contribution is -2.33. The Balaban J connectivity index is 1.97. The summed E-state index contributed by atoms with van der Waals surface area (Å²) in [6, 6.07) is 11.0. The van der Waals surface area contributed by atoms with Crippen LogP contribution >= 0.6 is 0 Å². The van der Waals surface area contributed by atoms with Crippen molar-refractivity contribution >= 4 is 17.5 Å². The Bertz CT molecular complexity index is 797. The first kappa shape index (κ1) is 19.2. The molecule has 2 N–H and O–H groups in total. The number of hydrogen-bond donors (Lipinski definition) is 2. The van der Waals surface area contributed by atoms with Crippen LogP contribution in [-0.4, -0.2) is 32.1 Å². The van der Waals surface area contributed by atoms with Crippen LogP contribution in [0.25, 0.3) is 0 Å². The number of rotatable bonds is 7. The summed E-state index contributed by atoms with van der Waals surface area (Å²) in [6.45, 7) is -1.40. The van der Waals surface area contributed by atoms with Gasteiger partial charge >= 0.3 is 6.61 Å². The number of amides is 2. The largest absolute Gasteiger partial charge is 0.493 e. The number of alkyl halides is 2. The van der Waals surface area contributed by atoms with Crippen molar-refractivity contribution in [2.24, 2.45) is 0 Å². The molecule has 6 nitrogen and oxygen atoms in total. The maximum absolute atomic E-state index is 12.3. The summed E-state index contributed by atoms with van der Waals surface area (Å²) in [5.41, 5.74) is 1.70. The second-order valence-corrected chi connectivity index (χ2v) is 5.29. The van der Waals surface area contributed by atoms with Gasteiger partial charge in [0.15, 0.2) is 11.5 Å². The van der Waals surface area contributed by atoms with Gasteiger partial charge in [-0.3, -0.25) is 9.59 Å². The lowest BCUT2D eigenvalue weighted by Gasteiger charge is -2.12. The Morgan fingerprint density at radius 1 is 1.12 bits per heavy atom. The third kappa shape index (κ3) is 5.17. The summed E-state index contributed by atoms with van der Waals surface area (Å²) in [5.74, 6) is -1.14. The van der Waals surface area contributed by atoms with Gasteiger partial charge in [0.05, 0.1) is 13.7 Å². The van der Waals surface area contributed by atoms with Gasteiger partial charge in [-0.2, -0.15) is 8.78 Å². The number of methoxy groups -OCH3 is 1. The number of carbonyl (C=O) groups excluding carboxylic acids is 2. The van der Waals surface area contributed by atoms with Crippen LogP contribution in [0.5, 0.6) is 11.5 Å². The predicted molar refractivity (Wildman–Crippen MR) is 91.8 cm³/mol. The summed E-state index contributed by atoms with van der Waals surface area (Å²) in [4.78, 5) is 24.1. The molecule has 0 aliphatic rings. The fraction of sp³-hybridized carbons (Fsp3) is 0.222. The molecule has 0 spiro atoms. The topological polar surface area (TPSA) is 76.7 Å².